The predicted octanol–water partition coefficient (Wildman–Crippen LogP) is 2.32. The molecular formula is C10H12ClNaO2. The molecule has 0 heterocycles. The van der Waals surface area contributed by atoms with Gasteiger partial charge < -0.3 is 4.74 Å². The van der Waals surface area contributed by atoms with E-state index in [1.165, 1.54) is 0 Å². The molecule has 72 valence electrons. The van der Waals surface area contributed by atoms with Gasteiger partial charge in [-0.1, -0.05) is 18.5 Å². The molecule has 0 fully saturated rings. The van der Waals surface area contributed by atoms with Gasteiger partial charge in [0.1, 0.15) is 5.75 Å². The maximum atomic E-state index is 11.0. The van der Waals surface area contributed by atoms with E-state index in [4.69, 9.17) is 16.3 Å². The number of esters is 1. The van der Waals surface area contributed by atoms with Crippen molar-refractivity contribution in [3.8, 4) is 5.75 Å². The molecule has 1 aromatic rings. The van der Waals surface area contributed by atoms with Gasteiger partial charge in [0.05, 0.1) is 0 Å². The quantitative estimate of drug-likeness (QED) is 0.436. The second kappa shape index (κ2) is 6.46. The molecule has 0 aliphatic carbocycles. The van der Waals surface area contributed by atoms with E-state index in [-0.39, 0.29) is 35.5 Å². The van der Waals surface area contributed by atoms with Crippen LogP contribution in [0.1, 0.15) is 18.9 Å². The van der Waals surface area contributed by atoms with Crippen LogP contribution < -0.4 is 4.74 Å². The average molecular weight is 223 g/mol. The summed E-state index contributed by atoms with van der Waals surface area (Å²) in [6.07, 6.45) is 0.377. The number of carbonyl (C=O) groups is 1. The normalized spacial score (nSPS) is 9.07. The average Bonchev–Trinajstić information content (AvgIpc) is 2.09. The summed E-state index contributed by atoms with van der Waals surface area (Å²) in [5.74, 6) is 0.349. The van der Waals surface area contributed by atoms with Gasteiger partial charge in [0, 0.05) is 11.4 Å². The number of ether oxygens (including phenoxy) is 1. The van der Waals surface area contributed by atoms with Crippen LogP contribution in [0.3, 0.4) is 0 Å². The van der Waals surface area contributed by atoms with E-state index >= 15 is 0 Å². The van der Waals surface area contributed by atoms with Crippen molar-refractivity contribution in [1.29, 1.82) is 0 Å². The van der Waals surface area contributed by atoms with Crippen LogP contribution in [-0.4, -0.2) is 35.5 Å². The van der Waals surface area contributed by atoms with Gasteiger partial charge in [0.25, 0.3) is 0 Å². The Morgan fingerprint density at radius 2 is 2.14 bits per heavy atom. The van der Waals surface area contributed by atoms with Crippen LogP contribution in [0.4, 0.5) is 0 Å². The molecule has 0 N–H and O–H groups in total. The Labute approximate surface area is 111 Å². The Bertz CT molecular complexity index is 326. The molecule has 0 aliphatic heterocycles. The fourth-order valence-electron chi connectivity index (χ4n) is 0.922. The molecule has 0 saturated carbocycles. The van der Waals surface area contributed by atoms with Crippen molar-refractivity contribution in [1.82, 2.24) is 0 Å². The van der Waals surface area contributed by atoms with Crippen LogP contribution in [-0.2, 0) is 4.79 Å². The number of benzene rings is 1. The summed E-state index contributed by atoms with van der Waals surface area (Å²) in [6.45, 7) is 3.61. The molecule has 14 heavy (non-hydrogen) atoms. The van der Waals surface area contributed by atoms with E-state index in [1.807, 2.05) is 6.92 Å². The van der Waals surface area contributed by atoms with Crippen molar-refractivity contribution in [3.63, 3.8) is 0 Å². The van der Waals surface area contributed by atoms with Gasteiger partial charge in [0.15, 0.2) is 0 Å². The monoisotopic (exact) mass is 222 g/mol. The number of halogens is 1. The first kappa shape index (κ1) is 14.0. The standard InChI is InChI=1S/C10H11ClO2.Na.H/c1-3-10(12)13-9-5-4-8(11)6-7(9)2;;/h4-6H,3H2,1-2H3;;. The van der Waals surface area contributed by atoms with Crippen molar-refractivity contribution in [2.24, 2.45) is 0 Å². The summed E-state index contributed by atoms with van der Waals surface area (Å²) >= 11 is 5.75. The van der Waals surface area contributed by atoms with E-state index in [2.05, 4.69) is 0 Å². The molecule has 1 aromatic carbocycles. The predicted molar refractivity (Wildman–Crippen MR) is 59.3 cm³/mol. The molecule has 0 saturated heterocycles. The molecule has 2 nitrogen and oxygen atoms in total. The topological polar surface area (TPSA) is 26.3 Å². The van der Waals surface area contributed by atoms with Gasteiger partial charge in [-0.05, 0) is 30.7 Å². The van der Waals surface area contributed by atoms with Crippen molar-refractivity contribution in [2.45, 2.75) is 20.3 Å². The third kappa shape index (κ3) is 4.01. The van der Waals surface area contributed by atoms with Gasteiger partial charge in [-0.3, -0.25) is 4.79 Å². The van der Waals surface area contributed by atoms with Gasteiger partial charge in [0.2, 0.25) is 0 Å². The summed E-state index contributed by atoms with van der Waals surface area (Å²) in [5.41, 5.74) is 0.870. The summed E-state index contributed by atoms with van der Waals surface area (Å²) in [5, 5.41) is 0.647. The number of aryl methyl sites for hydroxylation is 1. The van der Waals surface area contributed by atoms with Gasteiger partial charge in [-0.15, -0.1) is 0 Å². The Morgan fingerprint density at radius 3 is 2.64 bits per heavy atom. The van der Waals surface area contributed by atoms with E-state index in [0.717, 1.165) is 5.56 Å². The first-order valence-corrected chi connectivity index (χ1v) is 4.48. The maximum absolute atomic E-state index is 11.0. The Morgan fingerprint density at radius 1 is 1.50 bits per heavy atom. The Hall–Kier alpha value is -0.0200. The van der Waals surface area contributed by atoms with Crippen LogP contribution in [0.25, 0.3) is 0 Å². The van der Waals surface area contributed by atoms with E-state index in [1.54, 1.807) is 25.1 Å². The van der Waals surface area contributed by atoms with Crippen LogP contribution in [0.15, 0.2) is 18.2 Å². The zero-order valence-electron chi connectivity index (χ0n) is 7.63. The third-order valence-corrected chi connectivity index (χ3v) is 1.88. The summed E-state index contributed by atoms with van der Waals surface area (Å²) < 4.78 is 5.05. The van der Waals surface area contributed by atoms with E-state index < -0.39 is 0 Å². The second-order valence-electron chi connectivity index (χ2n) is 2.74. The summed E-state index contributed by atoms with van der Waals surface area (Å²) in [6, 6.07) is 5.16. The molecule has 0 atom stereocenters. The molecule has 0 amide bonds. The van der Waals surface area contributed by atoms with Crippen LogP contribution in [0, 0.1) is 6.92 Å². The van der Waals surface area contributed by atoms with Crippen LogP contribution in [0.2, 0.25) is 5.02 Å². The van der Waals surface area contributed by atoms with Crippen LogP contribution >= 0.6 is 11.6 Å². The fourth-order valence-corrected chi connectivity index (χ4v) is 1.15. The Balaban J connectivity index is 0.00000169. The molecular weight excluding hydrogens is 211 g/mol. The second-order valence-corrected chi connectivity index (χ2v) is 3.17. The summed E-state index contributed by atoms with van der Waals surface area (Å²) in [7, 11) is 0. The number of carbonyl (C=O) groups excluding carboxylic acids is 1. The number of hydrogen-bond donors (Lipinski definition) is 0. The summed E-state index contributed by atoms with van der Waals surface area (Å²) in [4.78, 5) is 11.0. The van der Waals surface area contributed by atoms with E-state index in [9.17, 15) is 4.79 Å². The molecule has 0 aliphatic rings. The Kier molecular flexibility index (Phi) is 6.45. The van der Waals surface area contributed by atoms with Gasteiger partial charge >= 0.3 is 35.5 Å². The zero-order valence-corrected chi connectivity index (χ0v) is 8.39. The molecule has 4 heteroatoms. The molecule has 1 rings (SSSR count). The minimum absolute atomic E-state index is 0. The van der Waals surface area contributed by atoms with Crippen molar-refractivity contribution < 1.29 is 9.53 Å². The molecule has 0 aromatic heterocycles. The third-order valence-electron chi connectivity index (χ3n) is 1.65. The number of hydrogen-bond acceptors (Lipinski definition) is 2. The number of rotatable bonds is 2. The fraction of sp³-hybridized carbons (Fsp3) is 0.300. The van der Waals surface area contributed by atoms with Gasteiger partial charge in [-0.25, -0.2) is 0 Å². The SMILES string of the molecule is CCC(=O)Oc1ccc(Cl)cc1C.[NaH]. The molecule has 0 bridgehead atoms. The van der Waals surface area contributed by atoms with Crippen molar-refractivity contribution in [3.05, 3.63) is 28.8 Å². The van der Waals surface area contributed by atoms with Crippen molar-refractivity contribution in [2.75, 3.05) is 0 Å². The molecule has 0 unspecified atom stereocenters. The van der Waals surface area contributed by atoms with Crippen molar-refractivity contribution >= 4 is 47.1 Å². The molecule has 0 spiro atoms. The first-order chi connectivity index (χ1) is 6.13. The van der Waals surface area contributed by atoms with Gasteiger partial charge in [-0.2, -0.15) is 0 Å². The van der Waals surface area contributed by atoms with Crippen LogP contribution in [0.5, 0.6) is 5.75 Å². The van der Waals surface area contributed by atoms with E-state index in [0.29, 0.717) is 17.2 Å². The zero-order chi connectivity index (χ0) is 9.84. The molecule has 0 radical (unpaired) electrons. The first-order valence-electron chi connectivity index (χ1n) is 4.10. The minimum atomic E-state index is -0.231.